The summed E-state index contributed by atoms with van der Waals surface area (Å²) >= 11 is 5.89. The highest BCUT2D eigenvalue weighted by Gasteiger charge is 2.13. The minimum absolute atomic E-state index is 0.112. The second-order valence-electron chi connectivity index (χ2n) is 4.41. The Morgan fingerprint density at radius 2 is 1.81 bits per heavy atom. The Labute approximate surface area is 127 Å². The molecule has 0 atom stereocenters. The summed E-state index contributed by atoms with van der Waals surface area (Å²) in [5.41, 5.74) is 1.06. The second-order valence-corrected chi connectivity index (χ2v) is 4.82. The highest BCUT2D eigenvalue weighted by molar-refractivity contribution is 6.34. The normalized spacial score (nSPS) is 10.3. The molecular weight excluding hydrogens is 295 g/mol. The van der Waals surface area contributed by atoms with Gasteiger partial charge in [-0.25, -0.2) is 4.39 Å². The Balaban J connectivity index is 2.23. The molecule has 0 heterocycles. The molecule has 0 fully saturated rings. The third kappa shape index (κ3) is 3.52. The van der Waals surface area contributed by atoms with Gasteiger partial charge in [-0.05, 0) is 35.9 Å². The van der Waals surface area contributed by atoms with Crippen molar-refractivity contribution in [2.24, 2.45) is 0 Å². The van der Waals surface area contributed by atoms with E-state index >= 15 is 0 Å². The number of hydrogen-bond donors (Lipinski definition) is 0. The van der Waals surface area contributed by atoms with Gasteiger partial charge < -0.3 is 9.47 Å². The summed E-state index contributed by atoms with van der Waals surface area (Å²) in [7, 11) is 3.07. The van der Waals surface area contributed by atoms with Gasteiger partial charge in [0.1, 0.15) is 5.82 Å². The third-order valence-electron chi connectivity index (χ3n) is 3.04. The number of rotatable bonds is 5. The van der Waals surface area contributed by atoms with E-state index in [1.165, 1.54) is 19.2 Å². The predicted molar refractivity (Wildman–Crippen MR) is 79.0 cm³/mol. The molecule has 0 aromatic heterocycles. The van der Waals surface area contributed by atoms with Crippen molar-refractivity contribution in [3.05, 3.63) is 58.4 Å². The molecule has 0 aliphatic heterocycles. The van der Waals surface area contributed by atoms with Crippen LogP contribution in [0, 0.1) is 5.82 Å². The van der Waals surface area contributed by atoms with Crippen molar-refractivity contribution in [1.82, 2.24) is 0 Å². The minimum atomic E-state index is -0.470. The number of carbonyl (C=O) groups excluding carboxylic acids is 1. The Morgan fingerprint density at radius 3 is 2.43 bits per heavy atom. The number of halogens is 2. The first-order chi connectivity index (χ1) is 10.0. The second kappa shape index (κ2) is 6.59. The summed E-state index contributed by atoms with van der Waals surface area (Å²) in [6, 6.07) is 8.97. The largest absolute Gasteiger partial charge is 0.493 e. The van der Waals surface area contributed by atoms with E-state index in [2.05, 4.69) is 0 Å². The quantitative estimate of drug-likeness (QED) is 0.785. The van der Waals surface area contributed by atoms with Gasteiger partial charge in [0.2, 0.25) is 0 Å². The van der Waals surface area contributed by atoms with Gasteiger partial charge in [0.15, 0.2) is 17.3 Å². The molecule has 0 N–H and O–H groups in total. The van der Waals surface area contributed by atoms with Crippen LogP contribution in [0.4, 0.5) is 4.39 Å². The molecule has 0 saturated carbocycles. The molecule has 3 nitrogen and oxygen atoms in total. The smallest absolute Gasteiger partial charge is 0.168 e. The molecule has 0 aliphatic rings. The van der Waals surface area contributed by atoms with Gasteiger partial charge in [0, 0.05) is 12.0 Å². The lowest BCUT2D eigenvalue weighted by molar-refractivity contribution is 0.0993. The summed E-state index contributed by atoms with van der Waals surface area (Å²) in [6.45, 7) is 0. The Bertz CT molecular complexity index is 671. The molecule has 0 radical (unpaired) electrons. The van der Waals surface area contributed by atoms with E-state index in [-0.39, 0.29) is 17.2 Å². The molecule has 0 spiro atoms. The predicted octanol–water partition coefficient (Wildman–Crippen LogP) is 3.92. The molecular formula is C16H14ClFO3. The van der Waals surface area contributed by atoms with Crippen molar-refractivity contribution in [2.45, 2.75) is 6.42 Å². The molecule has 0 aliphatic carbocycles. The van der Waals surface area contributed by atoms with Crippen LogP contribution in [0.25, 0.3) is 0 Å². The summed E-state index contributed by atoms with van der Waals surface area (Å²) in [4.78, 5) is 12.2. The average Bonchev–Trinajstić information content (AvgIpc) is 2.46. The van der Waals surface area contributed by atoms with E-state index in [9.17, 15) is 9.18 Å². The SMILES string of the molecule is COc1ccc(CC(=O)c2ccc(F)cc2Cl)cc1OC. The van der Waals surface area contributed by atoms with Crippen molar-refractivity contribution in [3.8, 4) is 11.5 Å². The van der Waals surface area contributed by atoms with Crippen LogP contribution < -0.4 is 9.47 Å². The first-order valence-corrected chi connectivity index (χ1v) is 6.62. The summed E-state index contributed by atoms with van der Waals surface area (Å²) in [5.74, 6) is 0.483. The molecule has 2 rings (SSSR count). The zero-order chi connectivity index (χ0) is 15.4. The number of ether oxygens (including phenoxy) is 2. The van der Waals surface area contributed by atoms with Gasteiger partial charge in [-0.15, -0.1) is 0 Å². The summed E-state index contributed by atoms with van der Waals surface area (Å²) in [6.07, 6.45) is 0.145. The van der Waals surface area contributed by atoms with Gasteiger partial charge in [-0.1, -0.05) is 17.7 Å². The number of Topliss-reactive ketones (excluding diaryl/α,β-unsaturated/α-hetero) is 1. The van der Waals surface area contributed by atoms with Crippen LogP contribution in [-0.4, -0.2) is 20.0 Å². The zero-order valence-electron chi connectivity index (χ0n) is 11.7. The number of ketones is 1. The first kappa shape index (κ1) is 15.3. The fourth-order valence-corrected chi connectivity index (χ4v) is 2.26. The highest BCUT2D eigenvalue weighted by atomic mass is 35.5. The monoisotopic (exact) mass is 308 g/mol. The highest BCUT2D eigenvalue weighted by Crippen LogP contribution is 2.28. The molecule has 21 heavy (non-hydrogen) atoms. The van der Waals surface area contributed by atoms with Crippen molar-refractivity contribution < 1.29 is 18.7 Å². The van der Waals surface area contributed by atoms with Crippen LogP contribution in [0.2, 0.25) is 5.02 Å². The van der Waals surface area contributed by atoms with E-state index in [1.807, 2.05) is 0 Å². The van der Waals surface area contributed by atoms with Crippen molar-refractivity contribution >= 4 is 17.4 Å². The summed E-state index contributed by atoms with van der Waals surface area (Å²) in [5, 5.41) is 0.112. The maximum atomic E-state index is 13.0. The van der Waals surface area contributed by atoms with Gasteiger partial charge in [0.05, 0.1) is 19.2 Å². The molecule has 0 amide bonds. The van der Waals surface area contributed by atoms with Crippen LogP contribution in [0.5, 0.6) is 11.5 Å². The first-order valence-electron chi connectivity index (χ1n) is 6.24. The molecule has 0 unspecified atom stereocenters. The summed E-state index contributed by atoms with van der Waals surface area (Å²) < 4.78 is 23.3. The van der Waals surface area contributed by atoms with Gasteiger partial charge in [-0.3, -0.25) is 4.79 Å². The standard InChI is InChI=1S/C16H14ClFO3/c1-20-15-6-3-10(8-16(15)21-2)7-14(19)12-5-4-11(18)9-13(12)17/h3-6,8-9H,7H2,1-2H3. The van der Waals surface area contributed by atoms with Crippen molar-refractivity contribution in [2.75, 3.05) is 14.2 Å². The van der Waals surface area contributed by atoms with Crippen LogP contribution in [0.3, 0.4) is 0 Å². The Kier molecular flexibility index (Phi) is 4.81. The van der Waals surface area contributed by atoms with Gasteiger partial charge in [-0.2, -0.15) is 0 Å². The van der Waals surface area contributed by atoms with Crippen molar-refractivity contribution in [3.63, 3.8) is 0 Å². The lowest BCUT2D eigenvalue weighted by Gasteiger charge is -2.09. The maximum absolute atomic E-state index is 13.0. The molecule has 110 valence electrons. The van der Waals surface area contributed by atoms with E-state index in [4.69, 9.17) is 21.1 Å². The lowest BCUT2D eigenvalue weighted by Crippen LogP contribution is -2.05. The average molecular weight is 309 g/mol. The van der Waals surface area contributed by atoms with Crippen LogP contribution in [0.15, 0.2) is 36.4 Å². The van der Waals surface area contributed by atoms with E-state index in [1.54, 1.807) is 25.3 Å². The molecule has 0 bridgehead atoms. The van der Waals surface area contributed by atoms with Crippen LogP contribution >= 0.6 is 11.6 Å². The number of hydrogen-bond acceptors (Lipinski definition) is 3. The molecule has 0 saturated heterocycles. The Morgan fingerprint density at radius 1 is 1.10 bits per heavy atom. The van der Waals surface area contributed by atoms with Gasteiger partial charge in [0.25, 0.3) is 0 Å². The minimum Gasteiger partial charge on any atom is -0.493 e. The van der Waals surface area contributed by atoms with Crippen molar-refractivity contribution in [1.29, 1.82) is 0 Å². The number of benzene rings is 2. The van der Waals surface area contributed by atoms with Crippen LogP contribution in [-0.2, 0) is 6.42 Å². The van der Waals surface area contributed by atoms with E-state index < -0.39 is 5.82 Å². The fourth-order valence-electron chi connectivity index (χ4n) is 1.99. The topological polar surface area (TPSA) is 35.5 Å². The lowest BCUT2D eigenvalue weighted by atomic mass is 10.0. The van der Waals surface area contributed by atoms with E-state index in [0.717, 1.165) is 11.6 Å². The molecule has 2 aromatic carbocycles. The Hall–Kier alpha value is -2.07. The zero-order valence-corrected chi connectivity index (χ0v) is 12.4. The number of methoxy groups -OCH3 is 2. The van der Waals surface area contributed by atoms with Gasteiger partial charge >= 0.3 is 0 Å². The van der Waals surface area contributed by atoms with E-state index in [0.29, 0.717) is 17.1 Å². The third-order valence-corrected chi connectivity index (χ3v) is 3.36. The molecule has 5 heteroatoms. The molecule has 2 aromatic rings. The maximum Gasteiger partial charge on any atom is 0.168 e. The fraction of sp³-hybridized carbons (Fsp3) is 0.188. The van der Waals surface area contributed by atoms with Crippen LogP contribution in [0.1, 0.15) is 15.9 Å². The number of carbonyl (C=O) groups is 1.